The Hall–Kier alpha value is -1.89. The number of hydrogen-bond donors (Lipinski definition) is 1. The van der Waals surface area contributed by atoms with E-state index >= 15 is 0 Å². The highest BCUT2D eigenvalue weighted by molar-refractivity contribution is 7.14. The molecular formula is C13H16N2O4S. The maximum atomic E-state index is 11.7. The Kier molecular flexibility index (Phi) is 4.73. The van der Waals surface area contributed by atoms with Crippen LogP contribution in [0.5, 0.6) is 0 Å². The zero-order valence-electron chi connectivity index (χ0n) is 11.1. The zero-order valence-corrected chi connectivity index (χ0v) is 11.9. The quantitative estimate of drug-likeness (QED) is 0.864. The van der Waals surface area contributed by atoms with Crippen LogP contribution in [0, 0.1) is 0 Å². The highest BCUT2D eigenvalue weighted by Gasteiger charge is 2.32. The first-order valence-electron chi connectivity index (χ1n) is 6.34. The number of carbonyl (C=O) groups is 3. The van der Waals surface area contributed by atoms with E-state index in [9.17, 15) is 14.4 Å². The summed E-state index contributed by atoms with van der Waals surface area (Å²) in [5, 5.41) is 5.40. The predicted molar refractivity (Wildman–Crippen MR) is 74.9 cm³/mol. The number of carbonyl (C=O) groups excluding carboxylic acids is 3. The van der Waals surface area contributed by atoms with Crippen molar-refractivity contribution < 1.29 is 19.1 Å². The van der Waals surface area contributed by atoms with Gasteiger partial charge in [-0.15, -0.1) is 11.3 Å². The van der Waals surface area contributed by atoms with Crippen LogP contribution in [-0.2, 0) is 14.3 Å². The molecule has 6 nitrogen and oxygen atoms in total. The molecule has 1 unspecified atom stereocenters. The van der Waals surface area contributed by atoms with Crippen molar-refractivity contribution in [3.63, 3.8) is 0 Å². The van der Waals surface area contributed by atoms with E-state index in [1.807, 2.05) is 17.5 Å². The van der Waals surface area contributed by atoms with Crippen molar-refractivity contribution in [2.24, 2.45) is 0 Å². The summed E-state index contributed by atoms with van der Waals surface area (Å²) < 4.78 is 5.19. The summed E-state index contributed by atoms with van der Waals surface area (Å²) in [5.74, 6) is -0.220. The lowest BCUT2D eigenvalue weighted by atomic mass is 10.2. The van der Waals surface area contributed by atoms with Gasteiger partial charge in [0.1, 0.15) is 16.9 Å². The molecule has 0 radical (unpaired) electrons. The molecule has 0 aromatic carbocycles. The number of ketones is 1. The lowest BCUT2D eigenvalue weighted by molar-refractivity contribution is -0.124. The fourth-order valence-corrected chi connectivity index (χ4v) is 2.57. The fourth-order valence-electron chi connectivity index (χ4n) is 1.84. The molecule has 108 valence electrons. The molecule has 1 aromatic heterocycles. The predicted octanol–water partition coefficient (Wildman–Crippen LogP) is 1.56. The molecule has 1 aromatic rings. The normalized spacial score (nSPS) is 17.9. The molecule has 1 N–H and O–H groups in total. The molecule has 1 saturated heterocycles. The fraction of sp³-hybridized carbons (Fsp3) is 0.462. The van der Waals surface area contributed by atoms with E-state index < -0.39 is 6.09 Å². The van der Waals surface area contributed by atoms with Gasteiger partial charge >= 0.3 is 6.09 Å². The third-order valence-electron chi connectivity index (χ3n) is 2.88. The maximum Gasteiger partial charge on any atom is 0.415 e. The van der Waals surface area contributed by atoms with Crippen LogP contribution in [0.4, 0.5) is 9.80 Å². The Morgan fingerprint density at radius 2 is 2.30 bits per heavy atom. The molecule has 1 aliphatic heterocycles. The van der Waals surface area contributed by atoms with Gasteiger partial charge in [0.25, 0.3) is 0 Å². The molecule has 20 heavy (non-hydrogen) atoms. The van der Waals surface area contributed by atoms with Crippen molar-refractivity contribution in [3.8, 4) is 0 Å². The number of cyclic esters (lactones) is 1. The van der Waals surface area contributed by atoms with Crippen molar-refractivity contribution in [1.82, 2.24) is 5.32 Å². The van der Waals surface area contributed by atoms with Crippen LogP contribution in [0.25, 0.3) is 0 Å². The number of ether oxygens (including phenoxy) is 1. The first-order valence-corrected chi connectivity index (χ1v) is 7.22. The smallest absolute Gasteiger partial charge is 0.415 e. The van der Waals surface area contributed by atoms with Crippen molar-refractivity contribution in [2.75, 3.05) is 18.0 Å². The molecule has 0 saturated carbocycles. The summed E-state index contributed by atoms with van der Waals surface area (Å²) in [7, 11) is 0. The summed E-state index contributed by atoms with van der Waals surface area (Å²) in [6.07, 6.45) is -0.344. The summed E-state index contributed by atoms with van der Waals surface area (Å²) >= 11 is 1.46. The van der Waals surface area contributed by atoms with E-state index in [1.165, 1.54) is 18.3 Å². The van der Waals surface area contributed by atoms with Gasteiger partial charge < -0.3 is 14.8 Å². The van der Waals surface area contributed by atoms with Crippen molar-refractivity contribution >= 4 is 34.1 Å². The Morgan fingerprint density at radius 1 is 1.50 bits per heavy atom. The zero-order chi connectivity index (χ0) is 14.5. The van der Waals surface area contributed by atoms with Gasteiger partial charge in [-0.3, -0.25) is 9.69 Å². The van der Waals surface area contributed by atoms with Crippen LogP contribution in [-0.4, -0.2) is 37.0 Å². The van der Waals surface area contributed by atoms with Gasteiger partial charge in [0.2, 0.25) is 5.91 Å². The SMILES string of the molecule is CC(=O)CCC(=O)NCC1CN(c2cccs2)C(=O)O1. The average Bonchev–Trinajstić information content (AvgIpc) is 3.02. The Balaban J connectivity index is 1.77. The van der Waals surface area contributed by atoms with Gasteiger partial charge in [0.05, 0.1) is 13.1 Å². The number of nitrogens with zero attached hydrogens (tertiary/aromatic N) is 1. The Labute approximate surface area is 120 Å². The Morgan fingerprint density at radius 3 is 2.95 bits per heavy atom. The number of anilines is 1. The number of nitrogens with one attached hydrogen (secondary N) is 1. The van der Waals surface area contributed by atoms with E-state index in [1.54, 1.807) is 4.90 Å². The lowest BCUT2D eigenvalue weighted by Gasteiger charge is -2.10. The first kappa shape index (κ1) is 14.5. The first-order chi connectivity index (χ1) is 9.56. The van der Waals surface area contributed by atoms with Crippen molar-refractivity contribution in [1.29, 1.82) is 0 Å². The highest BCUT2D eigenvalue weighted by atomic mass is 32.1. The summed E-state index contributed by atoms with van der Waals surface area (Å²) in [6, 6.07) is 3.71. The van der Waals surface area contributed by atoms with Gasteiger partial charge in [0, 0.05) is 12.8 Å². The average molecular weight is 296 g/mol. The summed E-state index contributed by atoms with van der Waals surface area (Å²) in [5.41, 5.74) is 0. The van der Waals surface area contributed by atoms with Gasteiger partial charge in [0.15, 0.2) is 0 Å². The molecule has 2 amide bonds. The maximum absolute atomic E-state index is 11.7. The highest BCUT2D eigenvalue weighted by Crippen LogP contribution is 2.25. The van der Waals surface area contributed by atoms with E-state index in [4.69, 9.17) is 4.74 Å². The van der Waals surface area contributed by atoms with Crippen LogP contribution in [0.1, 0.15) is 19.8 Å². The molecule has 7 heteroatoms. The monoisotopic (exact) mass is 296 g/mol. The number of hydrogen-bond acceptors (Lipinski definition) is 5. The lowest BCUT2D eigenvalue weighted by Crippen LogP contribution is -2.34. The molecule has 1 fully saturated rings. The minimum absolute atomic E-state index is 0.0173. The number of thiophene rings is 1. The van der Waals surface area contributed by atoms with Gasteiger partial charge in [-0.1, -0.05) is 0 Å². The number of rotatable bonds is 6. The van der Waals surface area contributed by atoms with Crippen molar-refractivity contribution in [3.05, 3.63) is 17.5 Å². The van der Waals surface area contributed by atoms with E-state index in [0.717, 1.165) is 5.00 Å². The van der Waals surface area contributed by atoms with Crippen LogP contribution in [0.15, 0.2) is 17.5 Å². The molecule has 0 aliphatic carbocycles. The van der Waals surface area contributed by atoms with Gasteiger partial charge in [-0.05, 0) is 24.4 Å². The molecule has 2 heterocycles. The third-order valence-corrected chi connectivity index (χ3v) is 3.77. The van der Waals surface area contributed by atoms with Crippen LogP contribution >= 0.6 is 11.3 Å². The van der Waals surface area contributed by atoms with E-state index in [2.05, 4.69) is 5.32 Å². The largest absolute Gasteiger partial charge is 0.442 e. The van der Waals surface area contributed by atoms with Crippen molar-refractivity contribution in [2.45, 2.75) is 25.9 Å². The van der Waals surface area contributed by atoms with Crippen LogP contribution < -0.4 is 10.2 Å². The second-order valence-electron chi connectivity index (χ2n) is 4.57. The second-order valence-corrected chi connectivity index (χ2v) is 5.50. The van der Waals surface area contributed by atoms with Crippen LogP contribution in [0.3, 0.4) is 0 Å². The molecule has 1 aliphatic rings. The minimum atomic E-state index is -0.393. The molecule has 2 rings (SSSR count). The topological polar surface area (TPSA) is 75.7 Å². The molecule has 0 spiro atoms. The molecular weight excluding hydrogens is 280 g/mol. The Bertz CT molecular complexity index is 500. The summed E-state index contributed by atoms with van der Waals surface area (Å²) in [6.45, 7) is 2.14. The molecule has 0 bridgehead atoms. The third kappa shape index (κ3) is 3.80. The number of Topliss-reactive ketones (excluding diaryl/α,β-unsaturated/α-hetero) is 1. The van der Waals surface area contributed by atoms with E-state index in [-0.39, 0.29) is 37.2 Å². The van der Waals surface area contributed by atoms with Crippen LogP contribution in [0.2, 0.25) is 0 Å². The molecule has 1 atom stereocenters. The minimum Gasteiger partial charge on any atom is -0.442 e. The van der Waals surface area contributed by atoms with Gasteiger partial charge in [-0.2, -0.15) is 0 Å². The van der Waals surface area contributed by atoms with E-state index in [0.29, 0.717) is 6.54 Å². The van der Waals surface area contributed by atoms with Gasteiger partial charge in [-0.25, -0.2) is 4.79 Å². The number of amides is 2. The second kappa shape index (κ2) is 6.51. The standard InChI is InChI=1S/C13H16N2O4S/c1-9(16)4-5-11(17)14-7-10-8-15(13(18)19-10)12-3-2-6-20-12/h2-3,6,10H,4-5,7-8H2,1H3,(H,14,17). The summed E-state index contributed by atoms with van der Waals surface area (Å²) in [4.78, 5) is 35.5.